The van der Waals surface area contributed by atoms with E-state index in [4.69, 9.17) is 12.2 Å². The van der Waals surface area contributed by atoms with Gasteiger partial charge in [-0.25, -0.2) is 4.39 Å². The number of thioether (sulfide) groups is 1. The minimum atomic E-state index is -0.338. The van der Waals surface area contributed by atoms with E-state index in [9.17, 15) is 19.2 Å². The first-order chi connectivity index (χ1) is 16.3. The summed E-state index contributed by atoms with van der Waals surface area (Å²) in [5.74, 6) is 0.192. The van der Waals surface area contributed by atoms with E-state index in [0.717, 1.165) is 43.7 Å². The first kappa shape index (κ1) is 24.2. The van der Waals surface area contributed by atoms with Gasteiger partial charge in [0.05, 0.1) is 11.4 Å². The van der Waals surface area contributed by atoms with Crippen LogP contribution in [0.25, 0.3) is 6.08 Å². The molecule has 0 spiro atoms. The molecular formula is C25H25FN4O2S2. The predicted molar refractivity (Wildman–Crippen MR) is 137 cm³/mol. The molecule has 0 atom stereocenters. The van der Waals surface area contributed by atoms with Crippen LogP contribution < -0.4 is 10.5 Å². The minimum Gasteiger partial charge on any atom is -0.357 e. The number of amides is 1. The molecule has 1 amide bonds. The number of halogens is 1. The summed E-state index contributed by atoms with van der Waals surface area (Å²) in [7, 11) is 0. The zero-order valence-electron chi connectivity index (χ0n) is 19.1. The average Bonchev–Trinajstić information content (AvgIpc) is 3.43. The van der Waals surface area contributed by atoms with Gasteiger partial charge in [0.2, 0.25) is 0 Å². The normalized spacial score (nSPS) is 17.2. The molecule has 1 aromatic heterocycles. The molecule has 0 radical (unpaired) electrons. The number of thiocarbonyl (C=S) groups is 1. The van der Waals surface area contributed by atoms with E-state index in [1.165, 1.54) is 28.8 Å². The van der Waals surface area contributed by atoms with Crippen molar-refractivity contribution in [3.63, 3.8) is 0 Å². The van der Waals surface area contributed by atoms with Gasteiger partial charge in [0, 0.05) is 25.2 Å². The molecular weight excluding hydrogens is 471 g/mol. The van der Waals surface area contributed by atoms with Gasteiger partial charge in [-0.1, -0.05) is 43.0 Å². The van der Waals surface area contributed by atoms with Crippen molar-refractivity contribution in [2.24, 2.45) is 0 Å². The van der Waals surface area contributed by atoms with Crippen LogP contribution in [0.2, 0.25) is 0 Å². The second kappa shape index (κ2) is 10.1. The van der Waals surface area contributed by atoms with Crippen LogP contribution in [0.3, 0.4) is 0 Å². The van der Waals surface area contributed by atoms with Gasteiger partial charge in [-0.3, -0.25) is 19.1 Å². The number of hydrogen-bond donors (Lipinski definition) is 0. The average molecular weight is 497 g/mol. The van der Waals surface area contributed by atoms with Gasteiger partial charge in [-0.2, -0.15) is 5.26 Å². The molecule has 3 heterocycles. The third-order valence-corrected chi connectivity index (χ3v) is 7.48. The number of carbonyl (C=O) groups excluding carboxylic acids is 1. The number of hydrogen-bond acceptors (Lipinski definition) is 6. The maximum absolute atomic E-state index is 13.3. The molecule has 2 aliphatic rings. The Labute approximate surface area is 207 Å². The summed E-state index contributed by atoms with van der Waals surface area (Å²) in [4.78, 5) is 30.6. The summed E-state index contributed by atoms with van der Waals surface area (Å²) in [5, 5.41) is 9.73. The highest BCUT2D eigenvalue weighted by Crippen LogP contribution is 2.37. The maximum Gasteiger partial charge on any atom is 0.270 e. The van der Waals surface area contributed by atoms with Crippen molar-refractivity contribution in [3.8, 4) is 6.07 Å². The summed E-state index contributed by atoms with van der Waals surface area (Å²) >= 11 is 6.68. The third-order valence-electron chi connectivity index (χ3n) is 6.10. The second-order valence-electron chi connectivity index (χ2n) is 8.39. The van der Waals surface area contributed by atoms with Crippen LogP contribution in [-0.4, -0.2) is 32.8 Å². The molecule has 2 aromatic rings. The highest BCUT2D eigenvalue weighted by atomic mass is 32.2. The van der Waals surface area contributed by atoms with Crippen LogP contribution in [0, 0.1) is 24.1 Å². The summed E-state index contributed by atoms with van der Waals surface area (Å²) in [6.07, 6.45) is 4.57. The largest absolute Gasteiger partial charge is 0.357 e. The fourth-order valence-corrected chi connectivity index (χ4v) is 5.62. The zero-order valence-corrected chi connectivity index (χ0v) is 20.8. The van der Waals surface area contributed by atoms with E-state index in [0.29, 0.717) is 26.9 Å². The monoisotopic (exact) mass is 496 g/mol. The topological polar surface area (TPSA) is 69.3 Å². The smallest absolute Gasteiger partial charge is 0.270 e. The van der Waals surface area contributed by atoms with E-state index in [-0.39, 0.29) is 29.4 Å². The zero-order chi connectivity index (χ0) is 24.4. The Hall–Kier alpha value is -2.96. The van der Waals surface area contributed by atoms with Crippen LogP contribution in [0.1, 0.15) is 48.4 Å². The molecule has 0 bridgehead atoms. The van der Waals surface area contributed by atoms with Gasteiger partial charge in [0.15, 0.2) is 0 Å². The number of rotatable bonds is 6. The predicted octanol–water partition coefficient (Wildman–Crippen LogP) is 4.58. The van der Waals surface area contributed by atoms with Gasteiger partial charge in [0.25, 0.3) is 11.5 Å². The molecule has 2 saturated heterocycles. The number of nitrogens with zero attached hydrogens (tertiary/aromatic N) is 4. The lowest BCUT2D eigenvalue weighted by atomic mass is 10.0. The Morgan fingerprint density at radius 3 is 2.50 bits per heavy atom. The Bertz CT molecular complexity index is 1270. The first-order valence-electron chi connectivity index (χ1n) is 11.3. The Balaban J connectivity index is 1.80. The number of anilines is 1. The third kappa shape index (κ3) is 4.52. The maximum atomic E-state index is 13.3. The van der Waals surface area contributed by atoms with Crippen LogP contribution in [-0.2, 0) is 17.9 Å². The molecule has 0 N–H and O–H groups in total. The lowest BCUT2D eigenvalue weighted by Gasteiger charge is -2.26. The van der Waals surface area contributed by atoms with Crippen molar-refractivity contribution in [1.29, 1.82) is 5.26 Å². The molecule has 34 heavy (non-hydrogen) atoms. The van der Waals surface area contributed by atoms with Crippen molar-refractivity contribution >= 4 is 46.1 Å². The Morgan fingerprint density at radius 2 is 1.88 bits per heavy atom. The van der Waals surface area contributed by atoms with Gasteiger partial charge in [-0.05, 0) is 55.5 Å². The molecule has 0 saturated carbocycles. The van der Waals surface area contributed by atoms with E-state index >= 15 is 0 Å². The van der Waals surface area contributed by atoms with Crippen molar-refractivity contribution < 1.29 is 9.18 Å². The first-order valence-corrected chi connectivity index (χ1v) is 12.5. The summed E-state index contributed by atoms with van der Waals surface area (Å²) in [6, 6.07) is 8.05. The fourth-order valence-electron chi connectivity index (χ4n) is 4.38. The summed E-state index contributed by atoms with van der Waals surface area (Å²) in [6.45, 7) is 6.14. The van der Waals surface area contributed by atoms with Gasteiger partial charge in [0.1, 0.15) is 27.6 Å². The van der Waals surface area contributed by atoms with Crippen molar-refractivity contribution in [2.75, 3.05) is 18.0 Å². The van der Waals surface area contributed by atoms with Crippen LogP contribution in [0.15, 0.2) is 34.0 Å². The van der Waals surface area contributed by atoms with Crippen molar-refractivity contribution in [3.05, 3.63) is 67.6 Å². The molecule has 6 nitrogen and oxygen atoms in total. The highest BCUT2D eigenvalue weighted by Gasteiger charge is 2.33. The lowest BCUT2D eigenvalue weighted by molar-refractivity contribution is -0.122. The van der Waals surface area contributed by atoms with Gasteiger partial charge < -0.3 is 4.90 Å². The summed E-state index contributed by atoms with van der Waals surface area (Å²) < 4.78 is 15.4. The van der Waals surface area contributed by atoms with Crippen LogP contribution in [0.4, 0.5) is 10.2 Å². The quantitative estimate of drug-likeness (QED) is 0.431. The number of aromatic nitrogens is 1. The number of carbonyl (C=O) groups is 1. The molecule has 2 aliphatic heterocycles. The second-order valence-corrected chi connectivity index (χ2v) is 10.1. The molecule has 0 unspecified atom stereocenters. The molecule has 176 valence electrons. The molecule has 2 fully saturated rings. The van der Waals surface area contributed by atoms with Crippen molar-refractivity contribution in [2.45, 2.75) is 46.2 Å². The van der Waals surface area contributed by atoms with Gasteiger partial charge >= 0.3 is 0 Å². The summed E-state index contributed by atoms with van der Waals surface area (Å²) in [5.41, 5.74) is 1.88. The SMILES string of the molecule is CCCn1c(N2CCCC2)c(/C=C2\SC(=S)N(Cc3ccc(F)cc3)C2=O)c(C)c(C#N)c1=O. The number of pyridine rings is 1. The lowest BCUT2D eigenvalue weighted by Crippen LogP contribution is -2.33. The molecule has 4 rings (SSSR count). The van der Waals surface area contributed by atoms with Crippen molar-refractivity contribution in [1.82, 2.24) is 9.47 Å². The molecule has 1 aromatic carbocycles. The van der Waals surface area contributed by atoms with E-state index in [1.807, 2.05) is 6.92 Å². The Morgan fingerprint density at radius 1 is 1.21 bits per heavy atom. The Kier molecular flexibility index (Phi) is 7.19. The fraction of sp³-hybridized carbons (Fsp3) is 0.360. The van der Waals surface area contributed by atoms with E-state index < -0.39 is 0 Å². The highest BCUT2D eigenvalue weighted by molar-refractivity contribution is 8.26. The van der Waals surface area contributed by atoms with Crippen LogP contribution >= 0.6 is 24.0 Å². The molecule has 9 heteroatoms. The minimum absolute atomic E-state index is 0.101. The number of benzene rings is 1. The van der Waals surface area contributed by atoms with E-state index in [2.05, 4.69) is 11.0 Å². The standard InChI is InChI=1S/C25H25FN4O2S2/c1-3-10-29-22(28-11-4-5-12-28)19(16(2)20(14-27)23(29)31)13-21-24(32)30(25(33)34-21)15-17-6-8-18(26)9-7-17/h6-9,13H,3-5,10-12,15H2,1-2H3/b21-13-. The molecule has 0 aliphatic carbocycles. The van der Waals surface area contributed by atoms with Gasteiger partial charge in [-0.15, -0.1) is 0 Å². The van der Waals surface area contributed by atoms with Crippen LogP contribution in [0.5, 0.6) is 0 Å². The number of nitriles is 1. The van der Waals surface area contributed by atoms with E-state index in [1.54, 1.807) is 29.7 Å².